The summed E-state index contributed by atoms with van der Waals surface area (Å²) >= 11 is 1.56. The zero-order valence-corrected chi connectivity index (χ0v) is 12.3. The molecule has 0 bridgehead atoms. The van der Waals surface area contributed by atoms with Crippen molar-refractivity contribution in [2.75, 3.05) is 0 Å². The second-order valence-corrected chi connectivity index (χ2v) is 4.51. The van der Waals surface area contributed by atoms with Crippen LogP contribution in [0.4, 0.5) is 0 Å². The number of nitrogens with zero attached hydrogens (tertiary/aromatic N) is 1. The summed E-state index contributed by atoms with van der Waals surface area (Å²) in [4.78, 5) is 15.7. The van der Waals surface area contributed by atoms with Crippen molar-refractivity contribution >= 4 is 42.1 Å². The lowest BCUT2D eigenvalue weighted by Crippen LogP contribution is -2.32. The van der Waals surface area contributed by atoms with Gasteiger partial charge in [0.25, 0.3) is 0 Å². The number of thiazole rings is 1. The first-order valence-electron chi connectivity index (χ1n) is 5.07. The predicted octanol–water partition coefficient (Wildman–Crippen LogP) is 2.29. The van der Waals surface area contributed by atoms with Gasteiger partial charge in [-0.15, -0.1) is 36.2 Å². The number of rotatable bonds is 5. The van der Waals surface area contributed by atoms with Gasteiger partial charge in [0, 0.05) is 24.0 Å². The molecule has 0 fully saturated rings. The molecule has 0 radical (unpaired) electrons. The van der Waals surface area contributed by atoms with Gasteiger partial charge in [-0.05, 0) is 13.3 Å². The number of hydrogen-bond donors (Lipinski definition) is 2. The number of amides is 1. The minimum atomic E-state index is -0.0983. The maximum Gasteiger partial charge on any atom is 0.222 e. The first-order valence-corrected chi connectivity index (χ1v) is 5.95. The summed E-state index contributed by atoms with van der Waals surface area (Å²) in [6.45, 7) is 3.85. The Morgan fingerprint density at radius 2 is 2.24 bits per heavy atom. The quantitative estimate of drug-likeness (QED) is 0.876. The van der Waals surface area contributed by atoms with Crippen LogP contribution in [0.25, 0.3) is 0 Å². The highest BCUT2D eigenvalue weighted by atomic mass is 35.5. The Morgan fingerprint density at radius 1 is 1.59 bits per heavy atom. The van der Waals surface area contributed by atoms with Crippen LogP contribution in [0.2, 0.25) is 0 Å². The van der Waals surface area contributed by atoms with E-state index in [9.17, 15) is 4.79 Å². The molecule has 1 aromatic rings. The maximum atomic E-state index is 11.5. The van der Waals surface area contributed by atoms with Crippen LogP contribution in [-0.2, 0) is 4.79 Å². The standard InChI is InChI=1S/C10H17N3OS.2ClH/c1-3-8(10-12-4-5-15-10)13-9(14)6-7(2)11;;/h4-5,7-8H,3,6,11H2,1-2H3,(H,13,14);2*1H. The van der Waals surface area contributed by atoms with E-state index in [4.69, 9.17) is 5.73 Å². The molecule has 0 aliphatic rings. The van der Waals surface area contributed by atoms with E-state index in [-0.39, 0.29) is 42.8 Å². The molecule has 4 nitrogen and oxygen atoms in total. The molecule has 3 N–H and O–H groups in total. The van der Waals surface area contributed by atoms with Gasteiger partial charge in [-0.3, -0.25) is 4.79 Å². The lowest BCUT2D eigenvalue weighted by molar-refractivity contribution is -0.122. The highest BCUT2D eigenvalue weighted by Gasteiger charge is 2.15. The van der Waals surface area contributed by atoms with Crippen molar-refractivity contribution in [3.8, 4) is 0 Å². The molecule has 17 heavy (non-hydrogen) atoms. The Hall–Kier alpha value is -0.360. The lowest BCUT2D eigenvalue weighted by Gasteiger charge is -2.15. The summed E-state index contributed by atoms with van der Waals surface area (Å²) < 4.78 is 0. The van der Waals surface area contributed by atoms with Crippen LogP contribution in [0.5, 0.6) is 0 Å². The summed E-state index contributed by atoms with van der Waals surface area (Å²) in [5.41, 5.74) is 5.56. The number of aromatic nitrogens is 1. The van der Waals surface area contributed by atoms with Crippen LogP contribution < -0.4 is 11.1 Å². The van der Waals surface area contributed by atoms with Crippen LogP contribution in [0.1, 0.15) is 37.7 Å². The highest BCUT2D eigenvalue weighted by Crippen LogP contribution is 2.18. The molecule has 0 aliphatic carbocycles. The Kier molecular flexibility index (Phi) is 10.8. The van der Waals surface area contributed by atoms with Gasteiger partial charge >= 0.3 is 0 Å². The van der Waals surface area contributed by atoms with Gasteiger partial charge in [-0.2, -0.15) is 0 Å². The maximum absolute atomic E-state index is 11.5. The molecule has 1 heterocycles. The summed E-state index contributed by atoms with van der Waals surface area (Å²) in [5, 5.41) is 5.80. The molecule has 2 atom stereocenters. The molecule has 0 aliphatic heterocycles. The molecule has 0 saturated heterocycles. The van der Waals surface area contributed by atoms with Gasteiger partial charge in [0.15, 0.2) is 0 Å². The number of hydrogen-bond acceptors (Lipinski definition) is 4. The normalized spacial score (nSPS) is 12.9. The Balaban J connectivity index is 0. The van der Waals surface area contributed by atoms with Gasteiger partial charge in [0.2, 0.25) is 5.91 Å². The van der Waals surface area contributed by atoms with E-state index in [1.165, 1.54) is 0 Å². The first-order chi connectivity index (χ1) is 7.13. The molecule has 1 aromatic heterocycles. The highest BCUT2D eigenvalue weighted by molar-refractivity contribution is 7.09. The summed E-state index contributed by atoms with van der Waals surface area (Å²) in [6, 6.07) is -0.0740. The van der Waals surface area contributed by atoms with Crippen LogP contribution in [0.15, 0.2) is 11.6 Å². The third kappa shape index (κ3) is 6.83. The largest absolute Gasteiger partial charge is 0.347 e. The van der Waals surface area contributed by atoms with Crippen molar-refractivity contribution in [2.24, 2.45) is 5.73 Å². The first kappa shape index (κ1) is 19.0. The number of nitrogens with one attached hydrogen (secondary N) is 1. The topological polar surface area (TPSA) is 68.0 Å². The van der Waals surface area contributed by atoms with Crippen LogP contribution in [-0.4, -0.2) is 16.9 Å². The molecule has 0 spiro atoms. The van der Waals surface area contributed by atoms with Crippen LogP contribution in [0.3, 0.4) is 0 Å². The van der Waals surface area contributed by atoms with Gasteiger partial charge in [0.1, 0.15) is 5.01 Å². The monoisotopic (exact) mass is 299 g/mol. The van der Waals surface area contributed by atoms with Crippen LogP contribution in [0, 0.1) is 0 Å². The van der Waals surface area contributed by atoms with Gasteiger partial charge in [0.05, 0.1) is 6.04 Å². The fourth-order valence-corrected chi connectivity index (χ4v) is 2.06. The SMILES string of the molecule is CCC(NC(=O)CC(C)N)c1nccs1.Cl.Cl. The van der Waals surface area contributed by atoms with Crippen molar-refractivity contribution in [1.29, 1.82) is 0 Å². The third-order valence-corrected chi connectivity index (χ3v) is 2.89. The van der Waals surface area contributed by atoms with Gasteiger partial charge < -0.3 is 11.1 Å². The van der Waals surface area contributed by atoms with Gasteiger partial charge in [-0.1, -0.05) is 6.92 Å². The molecule has 2 unspecified atom stereocenters. The lowest BCUT2D eigenvalue weighted by atomic mass is 10.2. The molecule has 0 aromatic carbocycles. The Bertz CT molecular complexity index is 307. The molecule has 100 valence electrons. The van der Waals surface area contributed by atoms with E-state index < -0.39 is 0 Å². The fraction of sp³-hybridized carbons (Fsp3) is 0.600. The average Bonchev–Trinajstić information content (AvgIpc) is 2.65. The van der Waals surface area contributed by atoms with E-state index in [0.717, 1.165) is 11.4 Å². The average molecular weight is 300 g/mol. The summed E-state index contributed by atoms with van der Waals surface area (Å²) in [7, 11) is 0. The smallest absolute Gasteiger partial charge is 0.222 e. The summed E-state index contributed by atoms with van der Waals surface area (Å²) in [6.07, 6.45) is 2.96. The van der Waals surface area contributed by atoms with Crippen molar-refractivity contribution in [2.45, 2.75) is 38.8 Å². The van der Waals surface area contributed by atoms with Gasteiger partial charge in [-0.25, -0.2) is 4.98 Å². The molecule has 1 rings (SSSR count). The molecular formula is C10H19Cl2N3OS. The van der Waals surface area contributed by atoms with E-state index >= 15 is 0 Å². The molecule has 0 saturated carbocycles. The van der Waals surface area contributed by atoms with Crippen LogP contribution >= 0.6 is 36.2 Å². The van der Waals surface area contributed by atoms with E-state index in [1.807, 2.05) is 19.2 Å². The number of carbonyl (C=O) groups excluding carboxylic acids is 1. The second kappa shape index (κ2) is 9.65. The third-order valence-electron chi connectivity index (χ3n) is 2.00. The van der Waals surface area contributed by atoms with E-state index in [2.05, 4.69) is 10.3 Å². The predicted molar refractivity (Wildman–Crippen MR) is 76.1 cm³/mol. The minimum absolute atomic E-state index is 0. The second-order valence-electron chi connectivity index (χ2n) is 3.58. The van der Waals surface area contributed by atoms with Crippen molar-refractivity contribution in [3.05, 3.63) is 16.6 Å². The minimum Gasteiger partial charge on any atom is -0.347 e. The Morgan fingerprint density at radius 3 is 2.65 bits per heavy atom. The number of nitrogens with two attached hydrogens (primary N) is 1. The molecule has 1 amide bonds. The van der Waals surface area contributed by atoms with Crippen molar-refractivity contribution in [1.82, 2.24) is 10.3 Å². The van der Waals surface area contributed by atoms with E-state index in [1.54, 1.807) is 17.5 Å². The molecule has 7 heteroatoms. The van der Waals surface area contributed by atoms with Crippen molar-refractivity contribution < 1.29 is 4.79 Å². The van der Waals surface area contributed by atoms with Crippen molar-refractivity contribution in [3.63, 3.8) is 0 Å². The molecular weight excluding hydrogens is 281 g/mol. The fourth-order valence-electron chi connectivity index (χ4n) is 1.29. The zero-order valence-electron chi connectivity index (χ0n) is 9.88. The number of carbonyl (C=O) groups is 1. The van der Waals surface area contributed by atoms with E-state index in [0.29, 0.717) is 6.42 Å². The zero-order chi connectivity index (χ0) is 11.3. The Labute approximate surface area is 118 Å². The number of halogens is 2. The summed E-state index contributed by atoms with van der Waals surface area (Å²) in [5.74, 6) is -0.00736.